The van der Waals surface area contributed by atoms with E-state index in [2.05, 4.69) is 10.2 Å². The summed E-state index contributed by atoms with van der Waals surface area (Å²) in [6.45, 7) is 5.36. The Morgan fingerprint density at radius 1 is 1.36 bits per heavy atom. The molecule has 3 rings (SSSR count). The number of rotatable bonds is 4. The molecule has 2 saturated heterocycles. The minimum Gasteiger partial charge on any atom is -0.496 e. The highest BCUT2D eigenvalue weighted by molar-refractivity contribution is 5.91. The number of carboxylic acid groups (broad SMARTS) is 1. The molecule has 0 atom stereocenters. The van der Waals surface area contributed by atoms with Gasteiger partial charge >= 0.3 is 5.97 Å². The number of hydrogen-bond acceptors (Lipinski definition) is 5. The average molecular weight is 393 g/mol. The number of piperidine rings is 1. The zero-order valence-corrected chi connectivity index (χ0v) is 16.0. The summed E-state index contributed by atoms with van der Waals surface area (Å²) in [6, 6.07) is 5.39. The second-order valence-electron chi connectivity index (χ2n) is 6.32. The number of benzene rings is 1. The smallest absolute Gasteiger partial charge is 0.339 e. The van der Waals surface area contributed by atoms with Gasteiger partial charge in [0.1, 0.15) is 11.3 Å². The van der Waals surface area contributed by atoms with Crippen LogP contribution in [-0.2, 0) is 11.3 Å². The molecule has 0 unspecified atom stereocenters. The van der Waals surface area contributed by atoms with E-state index in [1.54, 1.807) is 12.1 Å². The summed E-state index contributed by atoms with van der Waals surface area (Å²) >= 11 is 0. The number of ether oxygens (including phenoxy) is 2. The van der Waals surface area contributed by atoms with Gasteiger partial charge in [-0.3, -0.25) is 4.90 Å². The standard InChI is InChI=1S/C17H24N2O4.2ClH/c1-22-15-3-2-13(10-14(15)16(20)21)11-19-7-4-17(5-8-19)12-18-6-9-23-17;;/h2-3,10,18H,4-9,11-12H2,1H3,(H,20,21);2*1H. The quantitative estimate of drug-likeness (QED) is 0.818. The fourth-order valence-corrected chi connectivity index (χ4v) is 3.43. The minimum atomic E-state index is -0.956. The first-order valence-corrected chi connectivity index (χ1v) is 8.09. The normalized spacial score (nSPS) is 19.6. The Kier molecular flexibility index (Phi) is 8.44. The van der Waals surface area contributed by atoms with Gasteiger partial charge in [-0.25, -0.2) is 4.79 Å². The number of nitrogens with one attached hydrogen (secondary N) is 1. The van der Waals surface area contributed by atoms with Gasteiger partial charge < -0.3 is 19.9 Å². The maximum Gasteiger partial charge on any atom is 0.339 e. The van der Waals surface area contributed by atoms with Gasteiger partial charge in [0, 0.05) is 32.7 Å². The number of nitrogens with zero attached hydrogens (tertiary/aromatic N) is 1. The highest BCUT2D eigenvalue weighted by atomic mass is 35.5. The lowest BCUT2D eigenvalue weighted by Gasteiger charge is -2.44. The van der Waals surface area contributed by atoms with Crippen molar-refractivity contribution in [3.8, 4) is 5.75 Å². The number of hydrogen-bond donors (Lipinski definition) is 2. The van der Waals surface area contributed by atoms with Crippen LogP contribution in [0.4, 0.5) is 0 Å². The molecule has 2 fully saturated rings. The summed E-state index contributed by atoms with van der Waals surface area (Å²) in [7, 11) is 1.49. The van der Waals surface area contributed by atoms with E-state index in [9.17, 15) is 9.90 Å². The van der Waals surface area contributed by atoms with E-state index < -0.39 is 5.97 Å². The first-order valence-electron chi connectivity index (χ1n) is 8.09. The maximum atomic E-state index is 11.3. The van der Waals surface area contributed by atoms with Crippen LogP contribution in [0.25, 0.3) is 0 Å². The Hall–Kier alpha value is -1.05. The number of methoxy groups -OCH3 is 1. The first kappa shape index (κ1) is 22.0. The molecule has 0 radical (unpaired) electrons. The largest absolute Gasteiger partial charge is 0.496 e. The summed E-state index contributed by atoms with van der Waals surface area (Å²) in [6.07, 6.45) is 2.03. The third kappa shape index (κ3) is 5.21. The average Bonchev–Trinajstić information content (AvgIpc) is 2.58. The first-order chi connectivity index (χ1) is 11.1. The van der Waals surface area contributed by atoms with Crippen LogP contribution < -0.4 is 10.1 Å². The lowest BCUT2D eigenvalue weighted by Crippen LogP contribution is -2.55. The highest BCUT2D eigenvalue weighted by Crippen LogP contribution is 2.28. The number of halogens is 2. The number of likely N-dealkylation sites (tertiary alicyclic amines) is 1. The third-order valence-corrected chi connectivity index (χ3v) is 4.80. The molecule has 2 heterocycles. The highest BCUT2D eigenvalue weighted by Gasteiger charge is 2.36. The van der Waals surface area contributed by atoms with Crippen LogP contribution >= 0.6 is 24.8 Å². The van der Waals surface area contributed by atoms with Gasteiger partial charge in [0.15, 0.2) is 0 Å². The van der Waals surface area contributed by atoms with Crippen molar-refractivity contribution >= 4 is 30.8 Å². The molecule has 2 aliphatic rings. The third-order valence-electron chi connectivity index (χ3n) is 4.80. The van der Waals surface area contributed by atoms with Crippen molar-refractivity contribution in [2.45, 2.75) is 25.0 Å². The Labute approximate surface area is 160 Å². The minimum absolute atomic E-state index is 0. The molecule has 0 aromatic heterocycles. The molecule has 6 nitrogen and oxygen atoms in total. The van der Waals surface area contributed by atoms with E-state index in [1.165, 1.54) is 7.11 Å². The van der Waals surface area contributed by atoms with Gasteiger partial charge in [0.2, 0.25) is 0 Å². The summed E-state index contributed by atoms with van der Waals surface area (Å²) < 4.78 is 11.1. The molecule has 1 aromatic rings. The zero-order valence-electron chi connectivity index (χ0n) is 14.3. The van der Waals surface area contributed by atoms with Crippen LogP contribution in [0, 0.1) is 0 Å². The number of carbonyl (C=O) groups is 1. The molecule has 0 aliphatic carbocycles. The molecule has 25 heavy (non-hydrogen) atoms. The fraction of sp³-hybridized carbons (Fsp3) is 0.588. The van der Waals surface area contributed by atoms with Crippen molar-refractivity contribution in [3.05, 3.63) is 29.3 Å². The van der Waals surface area contributed by atoms with Gasteiger partial charge in [0.05, 0.1) is 19.3 Å². The molecule has 1 aromatic carbocycles. The van der Waals surface area contributed by atoms with Crippen LogP contribution in [0.2, 0.25) is 0 Å². The van der Waals surface area contributed by atoms with Gasteiger partial charge in [-0.1, -0.05) is 6.07 Å². The lowest BCUT2D eigenvalue weighted by atomic mass is 9.90. The monoisotopic (exact) mass is 392 g/mol. The van der Waals surface area contributed by atoms with Crippen LogP contribution in [-0.4, -0.2) is 61.5 Å². The second kappa shape index (κ2) is 9.59. The van der Waals surface area contributed by atoms with E-state index in [0.29, 0.717) is 5.75 Å². The topological polar surface area (TPSA) is 71.0 Å². The van der Waals surface area contributed by atoms with E-state index in [0.717, 1.165) is 57.7 Å². The number of carboxylic acids is 1. The molecule has 142 valence electrons. The van der Waals surface area contributed by atoms with Crippen molar-refractivity contribution in [1.82, 2.24) is 10.2 Å². The summed E-state index contributed by atoms with van der Waals surface area (Å²) in [4.78, 5) is 13.7. The van der Waals surface area contributed by atoms with Crippen molar-refractivity contribution in [2.75, 3.05) is 39.9 Å². The number of aromatic carboxylic acids is 1. The van der Waals surface area contributed by atoms with Gasteiger partial charge in [-0.2, -0.15) is 0 Å². The maximum absolute atomic E-state index is 11.3. The summed E-state index contributed by atoms with van der Waals surface area (Å²) in [5, 5.41) is 12.7. The zero-order chi connectivity index (χ0) is 16.3. The predicted molar refractivity (Wildman–Crippen MR) is 101 cm³/mol. The number of morpholine rings is 1. The van der Waals surface area contributed by atoms with Crippen molar-refractivity contribution in [3.63, 3.8) is 0 Å². The van der Waals surface area contributed by atoms with Gasteiger partial charge in [0.25, 0.3) is 0 Å². The molecule has 8 heteroatoms. The Morgan fingerprint density at radius 3 is 2.64 bits per heavy atom. The summed E-state index contributed by atoms with van der Waals surface area (Å²) in [5.41, 5.74) is 1.22. The molecule has 0 saturated carbocycles. The van der Waals surface area contributed by atoms with Crippen LogP contribution in [0.15, 0.2) is 18.2 Å². The van der Waals surface area contributed by atoms with Crippen molar-refractivity contribution in [1.29, 1.82) is 0 Å². The Bertz CT molecular complexity index is 570. The molecule has 1 spiro atoms. The van der Waals surface area contributed by atoms with Crippen molar-refractivity contribution in [2.24, 2.45) is 0 Å². The Morgan fingerprint density at radius 2 is 2.08 bits per heavy atom. The SMILES string of the molecule is COc1ccc(CN2CCC3(CC2)CNCCO3)cc1C(=O)O.Cl.Cl. The van der Waals surface area contributed by atoms with Crippen LogP contribution in [0.1, 0.15) is 28.8 Å². The van der Waals surface area contributed by atoms with Crippen LogP contribution in [0.5, 0.6) is 5.75 Å². The molecule has 0 bridgehead atoms. The molecule has 0 amide bonds. The van der Waals surface area contributed by atoms with E-state index in [4.69, 9.17) is 9.47 Å². The molecule has 2 aliphatic heterocycles. The molecular formula is C17H26Cl2N2O4. The van der Waals surface area contributed by atoms with Crippen LogP contribution in [0.3, 0.4) is 0 Å². The second-order valence-corrected chi connectivity index (χ2v) is 6.32. The summed E-state index contributed by atoms with van der Waals surface area (Å²) in [5.74, 6) is -0.552. The van der Waals surface area contributed by atoms with E-state index in [-0.39, 0.29) is 36.0 Å². The Balaban J connectivity index is 0.00000156. The fourth-order valence-electron chi connectivity index (χ4n) is 3.43. The van der Waals surface area contributed by atoms with Crippen molar-refractivity contribution < 1.29 is 19.4 Å². The lowest BCUT2D eigenvalue weighted by molar-refractivity contribution is -0.100. The predicted octanol–water partition coefficient (Wildman–Crippen LogP) is 2.19. The van der Waals surface area contributed by atoms with Gasteiger partial charge in [-0.05, 0) is 30.5 Å². The molecule has 2 N–H and O–H groups in total. The molecular weight excluding hydrogens is 367 g/mol. The van der Waals surface area contributed by atoms with Gasteiger partial charge in [-0.15, -0.1) is 24.8 Å². The van der Waals surface area contributed by atoms with E-state index >= 15 is 0 Å². The van der Waals surface area contributed by atoms with E-state index in [1.807, 2.05) is 6.07 Å².